The second-order valence-corrected chi connectivity index (χ2v) is 7.11. The number of nitrogens with one attached hydrogen (secondary N) is 2. The van der Waals surface area contributed by atoms with Gasteiger partial charge in [-0.05, 0) is 55.2 Å². The highest BCUT2D eigenvalue weighted by Crippen LogP contribution is 2.42. The van der Waals surface area contributed by atoms with Gasteiger partial charge in [0.05, 0.1) is 11.5 Å². The predicted molar refractivity (Wildman–Crippen MR) is 103 cm³/mol. The molecule has 2 aromatic carbocycles. The van der Waals surface area contributed by atoms with Crippen molar-refractivity contribution in [2.24, 2.45) is 5.73 Å². The monoisotopic (exact) mass is 369 g/mol. The van der Waals surface area contributed by atoms with Crippen molar-refractivity contribution in [3.8, 4) is 0 Å². The van der Waals surface area contributed by atoms with Crippen LogP contribution in [0.2, 0.25) is 0 Å². The summed E-state index contributed by atoms with van der Waals surface area (Å²) >= 11 is 0. The van der Waals surface area contributed by atoms with E-state index in [0.717, 1.165) is 36.8 Å². The molecule has 0 saturated heterocycles. The van der Waals surface area contributed by atoms with Crippen molar-refractivity contribution in [1.29, 1.82) is 0 Å². The zero-order chi connectivity index (χ0) is 19.4. The number of nitrogens with two attached hydrogens (primary N) is 1. The van der Waals surface area contributed by atoms with Crippen molar-refractivity contribution in [3.63, 3.8) is 0 Å². The van der Waals surface area contributed by atoms with Crippen LogP contribution in [0, 0.1) is 5.82 Å². The van der Waals surface area contributed by atoms with E-state index in [1.54, 1.807) is 18.2 Å². The van der Waals surface area contributed by atoms with Gasteiger partial charge in [0.25, 0.3) is 0 Å². The van der Waals surface area contributed by atoms with Gasteiger partial charge in [-0.3, -0.25) is 4.79 Å². The molecule has 2 aromatic rings. The first kappa shape index (κ1) is 18.9. The van der Waals surface area contributed by atoms with Gasteiger partial charge in [0.1, 0.15) is 5.82 Å². The van der Waals surface area contributed by atoms with Gasteiger partial charge in [-0.15, -0.1) is 0 Å². The molecule has 0 bridgehead atoms. The van der Waals surface area contributed by atoms with Crippen molar-refractivity contribution < 1.29 is 14.0 Å². The molecule has 1 fully saturated rings. The summed E-state index contributed by atoms with van der Waals surface area (Å²) in [5, 5.41) is 5.59. The summed E-state index contributed by atoms with van der Waals surface area (Å²) in [5.74, 6) is -0.394. The van der Waals surface area contributed by atoms with E-state index in [1.807, 2.05) is 25.1 Å². The van der Waals surface area contributed by atoms with E-state index in [2.05, 4.69) is 10.6 Å². The fourth-order valence-corrected chi connectivity index (χ4v) is 3.83. The smallest absolute Gasteiger partial charge is 0.316 e. The topological polar surface area (TPSA) is 84.2 Å². The van der Waals surface area contributed by atoms with Gasteiger partial charge in [0, 0.05) is 5.69 Å². The summed E-state index contributed by atoms with van der Waals surface area (Å²) in [7, 11) is 0. The van der Waals surface area contributed by atoms with Crippen LogP contribution in [0.15, 0.2) is 48.5 Å². The molecule has 6 heteroatoms. The Kier molecular flexibility index (Phi) is 5.44. The minimum absolute atomic E-state index is 0.0718. The highest BCUT2D eigenvalue weighted by atomic mass is 19.1. The Bertz CT molecular complexity index is 830. The first-order valence-corrected chi connectivity index (χ1v) is 9.14. The highest BCUT2D eigenvalue weighted by Gasteiger charge is 2.43. The fourth-order valence-electron chi connectivity index (χ4n) is 3.83. The number of hydrogen-bond acceptors (Lipinski definition) is 2. The van der Waals surface area contributed by atoms with E-state index >= 15 is 0 Å². The molecular formula is C21H24FN3O2. The molecule has 27 heavy (non-hydrogen) atoms. The number of primary amides is 1. The molecule has 4 N–H and O–H groups in total. The lowest BCUT2D eigenvalue weighted by molar-refractivity contribution is -0.127. The molecule has 0 radical (unpaired) electrons. The average molecular weight is 369 g/mol. The van der Waals surface area contributed by atoms with Gasteiger partial charge in [-0.2, -0.15) is 0 Å². The molecule has 0 aliphatic heterocycles. The molecule has 0 heterocycles. The first-order chi connectivity index (χ1) is 12.9. The third kappa shape index (κ3) is 4.10. The molecule has 1 saturated carbocycles. The van der Waals surface area contributed by atoms with Crippen molar-refractivity contribution in [3.05, 3.63) is 65.5 Å². The average Bonchev–Trinajstić information content (AvgIpc) is 3.13. The number of urea groups is 1. The lowest BCUT2D eigenvalue weighted by Crippen LogP contribution is -2.43. The normalized spacial score (nSPS) is 16.5. The molecule has 5 nitrogen and oxygen atoms in total. The van der Waals surface area contributed by atoms with E-state index in [4.69, 9.17) is 5.73 Å². The number of halogens is 1. The number of benzene rings is 2. The van der Waals surface area contributed by atoms with E-state index < -0.39 is 11.4 Å². The summed E-state index contributed by atoms with van der Waals surface area (Å²) in [6, 6.07) is 12.7. The quantitative estimate of drug-likeness (QED) is 0.744. The number of anilines is 1. The van der Waals surface area contributed by atoms with Gasteiger partial charge in [-0.1, -0.05) is 37.1 Å². The van der Waals surface area contributed by atoms with Crippen LogP contribution < -0.4 is 16.4 Å². The molecule has 1 aliphatic carbocycles. The van der Waals surface area contributed by atoms with Gasteiger partial charge in [0.2, 0.25) is 5.91 Å². The van der Waals surface area contributed by atoms with Crippen LogP contribution in [0.5, 0.6) is 0 Å². The Morgan fingerprint density at radius 2 is 1.78 bits per heavy atom. The maximum Gasteiger partial charge on any atom is 0.316 e. The minimum Gasteiger partial charge on any atom is -0.351 e. The SMILES string of the molecule is CC(NC(=O)C1(c2cccc(F)c2)CCCC1)c1ccc(NC(N)=O)cc1. The Morgan fingerprint density at radius 1 is 1.11 bits per heavy atom. The van der Waals surface area contributed by atoms with Crippen LogP contribution >= 0.6 is 0 Å². The Morgan fingerprint density at radius 3 is 2.37 bits per heavy atom. The van der Waals surface area contributed by atoms with Crippen LogP contribution in [0.4, 0.5) is 14.9 Å². The molecule has 1 unspecified atom stereocenters. The van der Waals surface area contributed by atoms with Crippen molar-refractivity contribution in [2.45, 2.75) is 44.1 Å². The molecule has 1 atom stereocenters. The summed E-state index contributed by atoms with van der Waals surface area (Å²) in [6.45, 7) is 1.91. The Hall–Kier alpha value is -2.89. The largest absolute Gasteiger partial charge is 0.351 e. The lowest BCUT2D eigenvalue weighted by Gasteiger charge is -2.30. The summed E-state index contributed by atoms with van der Waals surface area (Å²) in [6.07, 6.45) is 3.34. The van der Waals surface area contributed by atoms with Gasteiger partial charge in [0.15, 0.2) is 0 Å². The summed E-state index contributed by atoms with van der Waals surface area (Å²) < 4.78 is 13.7. The van der Waals surface area contributed by atoms with Crippen LogP contribution in [0.3, 0.4) is 0 Å². The maximum atomic E-state index is 13.7. The molecule has 3 rings (SSSR count). The molecule has 0 spiro atoms. The highest BCUT2D eigenvalue weighted by molar-refractivity contribution is 5.89. The number of amides is 3. The van der Waals surface area contributed by atoms with E-state index in [9.17, 15) is 14.0 Å². The van der Waals surface area contributed by atoms with Crippen LogP contribution in [-0.4, -0.2) is 11.9 Å². The third-order valence-electron chi connectivity index (χ3n) is 5.29. The van der Waals surface area contributed by atoms with Crippen LogP contribution in [-0.2, 0) is 10.2 Å². The predicted octanol–water partition coefficient (Wildman–Crippen LogP) is 4.01. The number of carbonyl (C=O) groups is 2. The van der Waals surface area contributed by atoms with Gasteiger partial charge >= 0.3 is 6.03 Å². The second kappa shape index (κ2) is 7.78. The molecule has 0 aromatic heterocycles. The first-order valence-electron chi connectivity index (χ1n) is 9.14. The van der Waals surface area contributed by atoms with Crippen LogP contribution in [0.25, 0.3) is 0 Å². The van der Waals surface area contributed by atoms with Crippen molar-refractivity contribution in [2.75, 3.05) is 5.32 Å². The zero-order valence-electron chi connectivity index (χ0n) is 15.3. The van der Waals surface area contributed by atoms with Gasteiger partial charge < -0.3 is 16.4 Å². The molecular weight excluding hydrogens is 345 g/mol. The van der Waals surface area contributed by atoms with E-state index in [-0.39, 0.29) is 17.8 Å². The fraction of sp³-hybridized carbons (Fsp3) is 0.333. The van der Waals surface area contributed by atoms with Crippen LogP contribution in [0.1, 0.15) is 49.8 Å². The molecule has 142 valence electrons. The number of hydrogen-bond donors (Lipinski definition) is 3. The third-order valence-corrected chi connectivity index (χ3v) is 5.29. The van der Waals surface area contributed by atoms with E-state index in [1.165, 1.54) is 12.1 Å². The molecule has 1 aliphatic rings. The lowest BCUT2D eigenvalue weighted by atomic mass is 9.77. The summed E-state index contributed by atoms with van der Waals surface area (Å²) in [4.78, 5) is 24.1. The number of rotatable bonds is 5. The van der Waals surface area contributed by atoms with Gasteiger partial charge in [-0.25, -0.2) is 9.18 Å². The minimum atomic E-state index is -0.677. The maximum absolute atomic E-state index is 13.7. The Labute approximate surface area is 158 Å². The van der Waals surface area contributed by atoms with Crippen molar-refractivity contribution in [1.82, 2.24) is 5.32 Å². The summed E-state index contributed by atoms with van der Waals surface area (Å²) in [5.41, 5.74) is 6.67. The number of carbonyl (C=O) groups excluding carboxylic acids is 2. The van der Waals surface area contributed by atoms with Crippen molar-refractivity contribution >= 4 is 17.6 Å². The Balaban J connectivity index is 1.77. The second-order valence-electron chi connectivity index (χ2n) is 7.11. The zero-order valence-corrected chi connectivity index (χ0v) is 15.3. The molecule has 3 amide bonds. The standard InChI is InChI=1S/C21H24FN3O2/c1-14(15-7-9-18(10-8-15)25-20(23)27)24-19(26)21(11-2-3-12-21)16-5-4-6-17(22)13-16/h4-10,13-14H,2-3,11-12H2,1H3,(H,24,26)(H3,23,25,27). The van der Waals surface area contributed by atoms with E-state index in [0.29, 0.717) is 5.69 Å².